The minimum atomic E-state index is -0.379. The van der Waals surface area contributed by atoms with Gasteiger partial charge in [-0.3, -0.25) is 9.59 Å². The molecular formula is C20H21BrN2O4. The van der Waals surface area contributed by atoms with E-state index in [1.807, 2.05) is 19.1 Å². The number of carbonyl (C=O) groups excluding carboxylic acids is 2. The molecule has 27 heavy (non-hydrogen) atoms. The number of ether oxygens (including phenoxy) is 2. The van der Waals surface area contributed by atoms with E-state index in [4.69, 9.17) is 9.47 Å². The molecule has 7 heteroatoms. The van der Waals surface area contributed by atoms with Gasteiger partial charge in [-0.15, -0.1) is 0 Å². The van der Waals surface area contributed by atoms with E-state index in [-0.39, 0.29) is 18.4 Å². The summed E-state index contributed by atoms with van der Waals surface area (Å²) in [4.78, 5) is 24.0. The Morgan fingerprint density at radius 2 is 1.89 bits per heavy atom. The summed E-state index contributed by atoms with van der Waals surface area (Å²) in [5.41, 5.74) is 2.36. The maximum absolute atomic E-state index is 12.0. The van der Waals surface area contributed by atoms with Crippen LogP contribution in [0.15, 0.2) is 46.9 Å². The smallest absolute Gasteiger partial charge is 0.244 e. The van der Waals surface area contributed by atoms with Crippen LogP contribution in [0.3, 0.4) is 0 Å². The first-order valence-electron chi connectivity index (χ1n) is 8.17. The number of methoxy groups -OCH3 is 2. The van der Waals surface area contributed by atoms with Crippen molar-refractivity contribution in [2.45, 2.75) is 6.92 Å². The van der Waals surface area contributed by atoms with Crippen LogP contribution in [0.2, 0.25) is 0 Å². The van der Waals surface area contributed by atoms with Crippen LogP contribution < -0.4 is 20.1 Å². The Labute approximate surface area is 166 Å². The van der Waals surface area contributed by atoms with Gasteiger partial charge in [-0.2, -0.15) is 0 Å². The number of carbonyl (C=O) groups is 2. The van der Waals surface area contributed by atoms with Crippen molar-refractivity contribution in [3.63, 3.8) is 0 Å². The highest BCUT2D eigenvalue weighted by molar-refractivity contribution is 9.10. The molecule has 2 amide bonds. The van der Waals surface area contributed by atoms with Gasteiger partial charge in [0.2, 0.25) is 11.8 Å². The van der Waals surface area contributed by atoms with E-state index < -0.39 is 0 Å². The van der Waals surface area contributed by atoms with E-state index in [1.54, 1.807) is 44.6 Å². The van der Waals surface area contributed by atoms with Gasteiger partial charge in [0.15, 0.2) is 0 Å². The van der Waals surface area contributed by atoms with Crippen LogP contribution in [-0.4, -0.2) is 32.6 Å². The topological polar surface area (TPSA) is 76.7 Å². The molecule has 2 rings (SSSR count). The lowest BCUT2D eigenvalue weighted by molar-refractivity contribution is -0.121. The Morgan fingerprint density at radius 3 is 2.56 bits per heavy atom. The molecule has 0 heterocycles. The van der Waals surface area contributed by atoms with Crippen LogP contribution in [0.5, 0.6) is 11.5 Å². The van der Waals surface area contributed by atoms with Gasteiger partial charge in [-0.25, -0.2) is 0 Å². The highest BCUT2D eigenvalue weighted by Crippen LogP contribution is 2.25. The van der Waals surface area contributed by atoms with E-state index in [0.29, 0.717) is 17.2 Å². The van der Waals surface area contributed by atoms with Crippen LogP contribution in [-0.2, 0) is 9.59 Å². The number of halogens is 1. The Hall–Kier alpha value is -2.80. The SMILES string of the molecule is COc1ccc(/C=C/C(=O)NCC(=O)Nc2ccc(Br)cc2C)c(OC)c1. The minimum Gasteiger partial charge on any atom is -0.497 e. The Morgan fingerprint density at radius 1 is 1.11 bits per heavy atom. The van der Waals surface area contributed by atoms with E-state index in [2.05, 4.69) is 26.6 Å². The number of rotatable bonds is 7. The van der Waals surface area contributed by atoms with Crippen molar-refractivity contribution in [1.29, 1.82) is 0 Å². The summed E-state index contributed by atoms with van der Waals surface area (Å²) >= 11 is 3.37. The number of nitrogens with one attached hydrogen (secondary N) is 2. The fourth-order valence-corrected chi connectivity index (χ4v) is 2.79. The standard InChI is InChI=1S/C20H21BrN2O4/c1-13-10-15(21)6-8-17(13)23-20(25)12-22-19(24)9-5-14-4-7-16(26-2)11-18(14)27-3/h4-11H,12H2,1-3H3,(H,22,24)(H,23,25)/b9-5+. The van der Waals surface area contributed by atoms with Gasteiger partial charge < -0.3 is 20.1 Å². The largest absolute Gasteiger partial charge is 0.497 e. The second-order valence-electron chi connectivity index (χ2n) is 5.67. The fraction of sp³-hybridized carbons (Fsp3) is 0.200. The maximum Gasteiger partial charge on any atom is 0.244 e. The summed E-state index contributed by atoms with van der Waals surface area (Å²) in [6.07, 6.45) is 2.97. The lowest BCUT2D eigenvalue weighted by atomic mass is 10.1. The molecule has 0 aliphatic carbocycles. The molecule has 142 valence electrons. The van der Waals surface area contributed by atoms with Crippen LogP contribution in [0.25, 0.3) is 6.08 Å². The van der Waals surface area contributed by atoms with Gasteiger partial charge in [0.1, 0.15) is 11.5 Å². The Balaban J connectivity index is 1.90. The van der Waals surface area contributed by atoms with Crippen LogP contribution in [0.4, 0.5) is 5.69 Å². The third kappa shape index (κ3) is 6.14. The van der Waals surface area contributed by atoms with Crippen LogP contribution >= 0.6 is 15.9 Å². The molecule has 0 aromatic heterocycles. The summed E-state index contributed by atoms with van der Waals surface area (Å²) in [5.74, 6) is 0.565. The van der Waals surface area contributed by atoms with Crippen molar-refractivity contribution in [1.82, 2.24) is 5.32 Å². The number of benzene rings is 2. The lowest BCUT2D eigenvalue weighted by Crippen LogP contribution is -2.31. The molecule has 0 saturated carbocycles. The molecule has 0 spiro atoms. The first-order chi connectivity index (χ1) is 12.9. The van der Waals surface area contributed by atoms with Crippen LogP contribution in [0, 0.1) is 6.92 Å². The van der Waals surface area contributed by atoms with Gasteiger partial charge >= 0.3 is 0 Å². The summed E-state index contributed by atoms with van der Waals surface area (Å²) in [7, 11) is 3.11. The lowest BCUT2D eigenvalue weighted by Gasteiger charge is -2.09. The molecule has 2 aromatic carbocycles. The molecule has 0 fully saturated rings. The van der Waals surface area contributed by atoms with E-state index in [1.165, 1.54) is 6.08 Å². The third-order valence-corrected chi connectivity index (χ3v) is 4.23. The van der Waals surface area contributed by atoms with Gasteiger partial charge in [0.25, 0.3) is 0 Å². The highest BCUT2D eigenvalue weighted by Gasteiger charge is 2.07. The number of hydrogen-bond acceptors (Lipinski definition) is 4. The number of amides is 2. The fourth-order valence-electron chi connectivity index (χ4n) is 2.31. The third-order valence-electron chi connectivity index (χ3n) is 3.74. The second-order valence-corrected chi connectivity index (χ2v) is 6.58. The van der Waals surface area contributed by atoms with Gasteiger partial charge in [0.05, 0.1) is 20.8 Å². The predicted molar refractivity (Wildman–Crippen MR) is 109 cm³/mol. The quantitative estimate of drug-likeness (QED) is 0.655. The minimum absolute atomic E-state index is 0.127. The van der Waals surface area contributed by atoms with Crippen molar-refractivity contribution in [2.75, 3.05) is 26.1 Å². The van der Waals surface area contributed by atoms with E-state index in [9.17, 15) is 9.59 Å². The molecule has 0 unspecified atom stereocenters. The number of aryl methyl sites for hydroxylation is 1. The summed E-state index contributed by atoms with van der Waals surface area (Å²) in [6, 6.07) is 10.8. The zero-order chi connectivity index (χ0) is 19.8. The van der Waals surface area contributed by atoms with Crippen molar-refractivity contribution in [2.24, 2.45) is 0 Å². The monoisotopic (exact) mass is 432 g/mol. The van der Waals surface area contributed by atoms with Gasteiger partial charge in [-0.1, -0.05) is 15.9 Å². The predicted octanol–water partition coefficient (Wildman–Crippen LogP) is 3.54. The van der Waals surface area contributed by atoms with Gasteiger partial charge in [0, 0.05) is 27.9 Å². The average Bonchev–Trinajstić information content (AvgIpc) is 2.66. The van der Waals surface area contributed by atoms with Crippen LogP contribution in [0.1, 0.15) is 11.1 Å². The molecule has 0 aliphatic heterocycles. The number of hydrogen-bond donors (Lipinski definition) is 2. The van der Waals surface area contributed by atoms with Crippen molar-refractivity contribution >= 4 is 39.5 Å². The first-order valence-corrected chi connectivity index (χ1v) is 8.96. The zero-order valence-corrected chi connectivity index (χ0v) is 16.9. The zero-order valence-electron chi connectivity index (χ0n) is 15.3. The van der Waals surface area contributed by atoms with Crippen molar-refractivity contribution < 1.29 is 19.1 Å². The normalized spacial score (nSPS) is 10.5. The van der Waals surface area contributed by atoms with E-state index >= 15 is 0 Å². The molecule has 2 N–H and O–H groups in total. The molecule has 0 bridgehead atoms. The molecular weight excluding hydrogens is 412 g/mol. The summed E-state index contributed by atoms with van der Waals surface area (Å²) in [5, 5.41) is 5.32. The molecule has 0 atom stereocenters. The summed E-state index contributed by atoms with van der Waals surface area (Å²) < 4.78 is 11.3. The molecule has 0 radical (unpaired) electrons. The molecule has 2 aromatic rings. The van der Waals surface area contributed by atoms with Crippen molar-refractivity contribution in [3.8, 4) is 11.5 Å². The summed E-state index contributed by atoms with van der Waals surface area (Å²) in [6.45, 7) is 1.77. The van der Waals surface area contributed by atoms with Crippen molar-refractivity contribution in [3.05, 3.63) is 58.1 Å². The highest BCUT2D eigenvalue weighted by atomic mass is 79.9. The Bertz CT molecular complexity index is 865. The molecule has 0 saturated heterocycles. The Kier molecular flexibility index (Phi) is 7.43. The maximum atomic E-state index is 12.0. The average molecular weight is 433 g/mol. The van der Waals surface area contributed by atoms with E-state index in [0.717, 1.165) is 15.6 Å². The second kappa shape index (κ2) is 9.78. The number of anilines is 1. The first kappa shape index (κ1) is 20.5. The molecule has 0 aliphatic rings. The molecule has 6 nitrogen and oxygen atoms in total. The van der Waals surface area contributed by atoms with Gasteiger partial charge in [-0.05, 0) is 48.9 Å².